The van der Waals surface area contributed by atoms with E-state index < -0.39 is 0 Å². The Labute approximate surface area is 154 Å². The van der Waals surface area contributed by atoms with Gasteiger partial charge in [-0.15, -0.1) is 0 Å². The van der Waals surface area contributed by atoms with Crippen LogP contribution in [0, 0.1) is 0 Å². The van der Waals surface area contributed by atoms with Crippen molar-refractivity contribution >= 4 is 5.91 Å². The standard InChI is InChI=1S/C20H27N3O3/c1-3-17(15-7-5-4-6-8-15)20(24)23-12-9-16(10-13-23)19-21-18(22-26-19)11-14-25-2/h4-8,16-17H,3,9-14H2,1-2H3. The fraction of sp³-hybridized carbons (Fsp3) is 0.550. The number of hydrogen-bond acceptors (Lipinski definition) is 5. The Hall–Kier alpha value is -2.21. The molecule has 2 heterocycles. The number of amides is 1. The van der Waals surface area contributed by atoms with Crippen LogP contribution in [-0.2, 0) is 16.0 Å². The molecular formula is C20H27N3O3. The molecule has 1 aromatic carbocycles. The summed E-state index contributed by atoms with van der Waals surface area (Å²) in [5, 5.41) is 4.02. The van der Waals surface area contributed by atoms with Crippen LogP contribution in [0.2, 0.25) is 0 Å². The number of nitrogens with zero attached hydrogens (tertiary/aromatic N) is 3. The molecule has 1 atom stereocenters. The van der Waals surface area contributed by atoms with Crippen LogP contribution in [0.15, 0.2) is 34.9 Å². The van der Waals surface area contributed by atoms with E-state index in [4.69, 9.17) is 9.26 Å². The van der Waals surface area contributed by atoms with Gasteiger partial charge in [0.15, 0.2) is 5.82 Å². The third-order valence-electron chi connectivity index (χ3n) is 5.08. The third kappa shape index (κ3) is 4.30. The van der Waals surface area contributed by atoms with Crippen LogP contribution in [0.5, 0.6) is 0 Å². The van der Waals surface area contributed by atoms with Crippen LogP contribution in [0.25, 0.3) is 0 Å². The highest BCUT2D eigenvalue weighted by atomic mass is 16.5. The lowest BCUT2D eigenvalue weighted by Gasteiger charge is -2.33. The summed E-state index contributed by atoms with van der Waals surface area (Å²) >= 11 is 0. The van der Waals surface area contributed by atoms with Crippen molar-refractivity contribution in [3.05, 3.63) is 47.6 Å². The van der Waals surface area contributed by atoms with E-state index in [1.54, 1.807) is 7.11 Å². The van der Waals surface area contributed by atoms with Crippen molar-refractivity contribution in [1.82, 2.24) is 15.0 Å². The quantitative estimate of drug-likeness (QED) is 0.761. The molecule has 1 unspecified atom stereocenters. The van der Waals surface area contributed by atoms with Gasteiger partial charge in [-0.25, -0.2) is 0 Å². The largest absolute Gasteiger partial charge is 0.384 e. The number of benzene rings is 1. The van der Waals surface area contributed by atoms with Gasteiger partial charge in [-0.1, -0.05) is 42.4 Å². The van der Waals surface area contributed by atoms with E-state index in [1.165, 1.54) is 0 Å². The molecule has 2 aromatic rings. The molecule has 1 aromatic heterocycles. The number of aromatic nitrogens is 2. The molecule has 0 bridgehead atoms. The zero-order chi connectivity index (χ0) is 18.4. The van der Waals surface area contributed by atoms with Gasteiger partial charge < -0.3 is 14.2 Å². The molecule has 0 radical (unpaired) electrons. The maximum absolute atomic E-state index is 13.0. The van der Waals surface area contributed by atoms with E-state index in [-0.39, 0.29) is 17.7 Å². The summed E-state index contributed by atoms with van der Waals surface area (Å²) in [7, 11) is 1.66. The SMILES string of the molecule is CCC(C(=O)N1CCC(c2nc(CCOC)no2)CC1)c1ccccc1. The fourth-order valence-corrected chi connectivity index (χ4v) is 3.53. The van der Waals surface area contributed by atoms with Crippen LogP contribution in [0.1, 0.15) is 55.3 Å². The number of likely N-dealkylation sites (tertiary alicyclic amines) is 1. The van der Waals surface area contributed by atoms with Crippen molar-refractivity contribution in [2.45, 2.75) is 44.4 Å². The van der Waals surface area contributed by atoms with E-state index in [0.717, 1.165) is 37.9 Å². The first kappa shape index (κ1) is 18.6. The number of hydrogen-bond donors (Lipinski definition) is 0. The number of methoxy groups -OCH3 is 1. The molecule has 1 fully saturated rings. The van der Waals surface area contributed by atoms with Gasteiger partial charge in [-0.05, 0) is 24.8 Å². The maximum Gasteiger partial charge on any atom is 0.230 e. The average Bonchev–Trinajstić information content (AvgIpc) is 3.17. The lowest BCUT2D eigenvalue weighted by atomic mass is 9.92. The highest BCUT2D eigenvalue weighted by Gasteiger charge is 2.30. The van der Waals surface area contributed by atoms with Crippen LogP contribution in [0.4, 0.5) is 0 Å². The van der Waals surface area contributed by atoms with Gasteiger partial charge in [0.1, 0.15) is 0 Å². The first-order valence-electron chi connectivity index (χ1n) is 9.38. The van der Waals surface area contributed by atoms with E-state index in [0.29, 0.717) is 24.7 Å². The number of rotatable bonds is 7. The predicted octanol–water partition coefficient (Wildman–Crippen LogP) is 3.16. The molecule has 1 aliphatic rings. The predicted molar refractivity (Wildman–Crippen MR) is 97.9 cm³/mol. The molecule has 1 amide bonds. The van der Waals surface area contributed by atoms with Gasteiger partial charge in [-0.3, -0.25) is 4.79 Å². The molecule has 1 saturated heterocycles. The molecule has 6 nitrogen and oxygen atoms in total. The van der Waals surface area contributed by atoms with Gasteiger partial charge in [0.2, 0.25) is 11.8 Å². The zero-order valence-electron chi connectivity index (χ0n) is 15.6. The van der Waals surface area contributed by atoms with Crippen LogP contribution in [0.3, 0.4) is 0 Å². The number of piperidine rings is 1. The topological polar surface area (TPSA) is 68.5 Å². The summed E-state index contributed by atoms with van der Waals surface area (Å²) in [6.07, 6.45) is 3.20. The molecule has 26 heavy (non-hydrogen) atoms. The number of carbonyl (C=O) groups excluding carboxylic acids is 1. The second kappa shape index (κ2) is 8.94. The normalized spacial score (nSPS) is 16.6. The molecule has 1 aliphatic heterocycles. The van der Waals surface area contributed by atoms with Crippen LogP contribution in [-0.4, -0.2) is 47.8 Å². The number of carbonyl (C=O) groups is 1. The van der Waals surface area contributed by atoms with Crippen molar-refractivity contribution in [1.29, 1.82) is 0 Å². The summed E-state index contributed by atoms with van der Waals surface area (Å²) in [6.45, 7) is 4.14. The van der Waals surface area contributed by atoms with Crippen molar-refractivity contribution in [3.63, 3.8) is 0 Å². The van der Waals surface area contributed by atoms with Crippen LogP contribution < -0.4 is 0 Å². The van der Waals surface area contributed by atoms with Crippen molar-refractivity contribution in [2.75, 3.05) is 26.8 Å². The molecule has 0 saturated carbocycles. The van der Waals surface area contributed by atoms with Crippen molar-refractivity contribution in [2.24, 2.45) is 0 Å². The minimum atomic E-state index is -0.0585. The summed E-state index contributed by atoms with van der Waals surface area (Å²) in [5.74, 6) is 1.79. The molecule has 140 valence electrons. The summed E-state index contributed by atoms with van der Waals surface area (Å²) < 4.78 is 10.5. The average molecular weight is 357 g/mol. The molecule has 6 heteroatoms. The Morgan fingerprint density at radius 2 is 2.04 bits per heavy atom. The molecular weight excluding hydrogens is 330 g/mol. The third-order valence-corrected chi connectivity index (χ3v) is 5.08. The Kier molecular flexibility index (Phi) is 6.39. The van der Waals surface area contributed by atoms with Crippen molar-refractivity contribution in [3.8, 4) is 0 Å². The summed E-state index contributed by atoms with van der Waals surface area (Å²) in [5.41, 5.74) is 1.10. The van der Waals surface area contributed by atoms with Gasteiger partial charge in [0.05, 0.1) is 12.5 Å². The molecule has 0 spiro atoms. The van der Waals surface area contributed by atoms with E-state index in [2.05, 4.69) is 17.1 Å². The maximum atomic E-state index is 13.0. The second-order valence-corrected chi connectivity index (χ2v) is 6.76. The van der Waals surface area contributed by atoms with Gasteiger partial charge in [0.25, 0.3) is 0 Å². The lowest BCUT2D eigenvalue weighted by Crippen LogP contribution is -2.40. The van der Waals surface area contributed by atoms with E-state index >= 15 is 0 Å². The van der Waals surface area contributed by atoms with E-state index in [9.17, 15) is 4.79 Å². The van der Waals surface area contributed by atoms with Crippen molar-refractivity contribution < 1.29 is 14.1 Å². The first-order chi connectivity index (χ1) is 12.7. The lowest BCUT2D eigenvalue weighted by molar-refractivity contribution is -0.134. The zero-order valence-corrected chi connectivity index (χ0v) is 15.6. The highest BCUT2D eigenvalue weighted by Crippen LogP contribution is 2.30. The summed E-state index contributed by atoms with van der Waals surface area (Å²) in [4.78, 5) is 19.4. The van der Waals surface area contributed by atoms with Gasteiger partial charge >= 0.3 is 0 Å². The Bertz CT molecular complexity index is 693. The smallest absolute Gasteiger partial charge is 0.230 e. The highest BCUT2D eigenvalue weighted by molar-refractivity contribution is 5.83. The monoisotopic (exact) mass is 357 g/mol. The molecule has 3 rings (SSSR count). The minimum absolute atomic E-state index is 0.0585. The Balaban J connectivity index is 1.57. The van der Waals surface area contributed by atoms with E-state index in [1.807, 2.05) is 35.2 Å². The molecule has 0 aliphatic carbocycles. The summed E-state index contributed by atoms with van der Waals surface area (Å²) in [6, 6.07) is 10.1. The Morgan fingerprint density at radius 1 is 1.31 bits per heavy atom. The van der Waals surface area contributed by atoms with Gasteiger partial charge in [0, 0.05) is 32.5 Å². The molecule has 0 N–H and O–H groups in total. The van der Waals surface area contributed by atoms with Gasteiger partial charge in [-0.2, -0.15) is 4.98 Å². The minimum Gasteiger partial charge on any atom is -0.384 e. The number of ether oxygens (including phenoxy) is 1. The fourth-order valence-electron chi connectivity index (χ4n) is 3.53. The Morgan fingerprint density at radius 3 is 2.69 bits per heavy atom. The second-order valence-electron chi connectivity index (χ2n) is 6.76. The van der Waals surface area contributed by atoms with Crippen LogP contribution >= 0.6 is 0 Å². The first-order valence-corrected chi connectivity index (χ1v) is 9.38.